The number of phosphoric acid groups is 1. The van der Waals surface area contributed by atoms with Gasteiger partial charge in [0.2, 0.25) is 6.54 Å². The Kier molecular flexibility index (Phi) is 18.1. The standard InChI is InChI=1S/C33H49NO7P2/c1-7-32(37-23-30-14-10-8-11-15-30)29(5)27(3)22-40-43(36,39-20-19-34-6)41-25-33(28(4)26(2)18-21-42-35)38-24-31-16-12-9-13-17-31/h8-17,26-29,32-33H,7,18-25H2,1-5H3/t26-,27-,28-,29-,32+,33+,43?/m1/s1. The van der Waals surface area contributed by atoms with Gasteiger partial charge in [0.1, 0.15) is 6.61 Å². The summed E-state index contributed by atoms with van der Waals surface area (Å²) in [5.41, 5.74) is 2.13. The van der Waals surface area contributed by atoms with Crippen molar-refractivity contribution in [3.05, 3.63) is 83.2 Å². The monoisotopic (exact) mass is 633 g/mol. The van der Waals surface area contributed by atoms with Crippen LogP contribution in [0.25, 0.3) is 4.85 Å². The first-order chi connectivity index (χ1) is 20.7. The normalized spacial score (nSPS) is 17.3. The predicted molar refractivity (Wildman–Crippen MR) is 171 cm³/mol. The molecule has 0 amide bonds. The highest BCUT2D eigenvalue weighted by Gasteiger charge is 2.34. The van der Waals surface area contributed by atoms with Gasteiger partial charge in [0.25, 0.3) is 0 Å². The topological polar surface area (TPSA) is 84.7 Å². The number of nitrogens with zero attached hydrogens (tertiary/aromatic N) is 1. The molecule has 8 nitrogen and oxygen atoms in total. The summed E-state index contributed by atoms with van der Waals surface area (Å²) in [5.74, 6) is 0.330. The lowest BCUT2D eigenvalue weighted by molar-refractivity contribution is -0.0471. The van der Waals surface area contributed by atoms with E-state index in [1.807, 2.05) is 67.6 Å². The van der Waals surface area contributed by atoms with E-state index in [-0.39, 0.29) is 64.6 Å². The van der Waals surface area contributed by atoms with Gasteiger partial charge >= 0.3 is 7.82 Å². The van der Waals surface area contributed by atoms with Gasteiger partial charge < -0.3 is 14.3 Å². The van der Waals surface area contributed by atoms with Crippen molar-refractivity contribution in [3.63, 3.8) is 0 Å². The Morgan fingerprint density at radius 3 is 1.86 bits per heavy atom. The third-order valence-corrected chi connectivity index (χ3v) is 9.88. The average Bonchev–Trinajstić information content (AvgIpc) is 3.03. The van der Waals surface area contributed by atoms with E-state index in [4.69, 9.17) is 29.6 Å². The molecule has 2 aromatic carbocycles. The molecule has 0 aliphatic carbocycles. The zero-order valence-corrected chi connectivity index (χ0v) is 28.1. The van der Waals surface area contributed by atoms with Gasteiger partial charge in [0.15, 0.2) is 8.46 Å². The molecule has 1 unspecified atom stereocenters. The van der Waals surface area contributed by atoms with Crippen molar-refractivity contribution in [3.8, 4) is 0 Å². The molecule has 7 atom stereocenters. The number of rotatable bonds is 23. The fraction of sp³-hybridized carbons (Fsp3) is 0.606. The van der Waals surface area contributed by atoms with E-state index in [9.17, 15) is 9.13 Å². The quantitative estimate of drug-likeness (QED) is 0.0687. The van der Waals surface area contributed by atoms with Crippen LogP contribution in [0.4, 0.5) is 0 Å². The van der Waals surface area contributed by atoms with Gasteiger partial charge in [-0.3, -0.25) is 18.1 Å². The van der Waals surface area contributed by atoms with Gasteiger partial charge in [0, 0.05) is 6.16 Å². The zero-order chi connectivity index (χ0) is 31.5. The summed E-state index contributed by atoms with van der Waals surface area (Å²) in [4.78, 5) is 3.31. The molecule has 0 N–H and O–H groups in total. The summed E-state index contributed by atoms with van der Waals surface area (Å²) >= 11 is 0. The number of hydrogen-bond acceptors (Lipinski definition) is 7. The molecule has 0 aliphatic heterocycles. The molecule has 10 heteroatoms. The smallest absolute Gasteiger partial charge is 0.373 e. The van der Waals surface area contributed by atoms with Crippen molar-refractivity contribution in [2.75, 3.05) is 32.5 Å². The predicted octanol–water partition coefficient (Wildman–Crippen LogP) is 8.87. The van der Waals surface area contributed by atoms with Crippen molar-refractivity contribution < 1.29 is 32.2 Å². The molecule has 2 aromatic rings. The minimum Gasteiger partial charge on any atom is -0.373 e. The molecular weight excluding hydrogens is 584 g/mol. The third-order valence-electron chi connectivity index (χ3n) is 8.00. The minimum absolute atomic E-state index is 0.00237. The molecule has 0 spiro atoms. The highest BCUT2D eigenvalue weighted by Crippen LogP contribution is 2.50. The van der Waals surface area contributed by atoms with E-state index in [1.54, 1.807) is 0 Å². The van der Waals surface area contributed by atoms with E-state index in [2.05, 4.69) is 32.5 Å². The number of benzene rings is 2. The lowest BCUT2D eigenvalue weighted by atomic mass is 9.89. The Bertz CT molecular complexity index is 1120. The maximum Gasteiger partial charge on any atom is 0.475 e. The van der Waals surface area contributed by atoms with Gasteiger partial charge in [-0.15, -0.1) is 0 Å². The molecule has 0 radical (unpaired) electrons. The van der Waals surface area contributed by atoms with Crippen LogP contribution < -0.4 is 0 Å². The molecule has 0 bridgehead atoms. The van der Waals surface area contributed by atoms with E-state index < -0.39 is 13.9 Å². The Morgan fingerprint density at radius 1 is 0.791 bits per heavy atom. The van der Waals surface area contributed by atoms with Crippen LogP contribution in [0.2, 0.25) is 0 Å². The number of ether oxygens (including phenoxy) is 2. The highest BCUT2D eigenvalue weighted by atomic mass is 31.2. The van der Waals surface area contributed by atoms with E-state index in [1.165, 1.54) is 0 Å². The van der Waals surface area contributed by atoms with Crippen LogP contribution in [0.3, 0.4) is 0 Å². The zero-order valence-electron chi connectivity index (χ0n) is 26.3. The fourth-order valence-corrected chi connectivity index (χ4v) is 6.42. The van der Waals surface area contributed by atoms with E-state index in [0.29, 0.717) is 19.4 Å². The van der Waals surface area contributed by atoms with Crippen molar-refractivity contribution in [1.29, 1.82) is 0 Å². The summed E-state index contributed by atoms with van der Waals surface area (Å²) in [6.07, 6.45) is 1.73. The molecule has 0 aliphatic rings. The first-order valence-corrected chi connectivity index (χ1v) is 17.7. The van der Waals surface area contributed by atoms with Gasteiger partial charge in [0.05, 0.1) is 38.6 Å². The van der Waals surface area contributed by atoms with E-state index in [0.717, 1.165) is 24.0 Å². The van der Waals surface area contributed by atoms with Crippen molar-refractivity contribution in [1.82, 2.24) is 0 Å². The van der Waals surface area contributed by atoms with Crippen molar-refractivity contribution >= 4 is 16.3 Å². The number of hydrogen-bond donors (Lipinski definition) is 0. The lowest BCUT2D eigenvalue weighted by Crippen LogP contribution is -2.32. The third kappa shape index (κ3) is 14.1. The van der Waals surface area contributed by atoms with Crippen LogP contribution in [0.5, 0.6) is 0 Å². The van der Waals surface area contributed by atoms with Crippen molar-refractivity contribution in [2.45, 2.75) is 72.9 Å². The highest BCUT2D eigenvalue weighted by molar-refractivity contribution is 7.48. The summed E-state index contributed by atoms with van der Waals surface area (Å²) in [6, 6.07) is 19.9. The molecule has 43 heavy (non-hydrogen) atoms. The molecule has 2 rings (SSSR count). The van der Waals surface area contributed by atoms with Gasteiger partial charge in [-0.2, -0.15) is 0 Å². The Hall–Kier alpha value is -1.94. The first kappa shape index (κ1) is 37.2. The molecule has 238 valence electrons. The summed E-state index contributed by atoms with van der Waals surface area (Å²) in [6.45, 7) is 18.5. The van der Waals surface area contributed by atoms with E-state index >= 15 is 0 Å². The summed E-state index contributed by atoms with van der Waals surface area (Å²) in [7, 11) is -3.89. The van der Waals surface area contributed by atoms with Crippen LogP contribution in [0.1, 0.15) is 58.6 Å². The molecule has 0 aromatic heterocycles. The van der Waals surface area contributed by atoms with Crippen LogP contribution in [0, 0.1) is 30.2 Å². The number of phosphoric ester groups is 1. The average molecular weight is 634 g/mol. The summed E-state index contributed by atoms with van der Waals surface area (Å²) in [5, 5.41) is 0. The van der Waals surface area contributed by atoms with Gasteiger partial charge in [-0.1, -0.05) is 95.3 Å². The lowest BCUT2D eigenvalue weighted by Gasteiger charge is -2.31. The second-order valence-electron chi connectivity index (χ2n) is 11.1. The summed E-state index contributed by atoms with van der Waals surface area (Å²) < 4.78 is 54.8. The molecular formula is C33H49NO7P2. The fourth-order valence-electron chi connectivity index (χ4n) is 4.64. The van der Waals surface area contributed by atoms with Crippen LogP contribution in [-0.2, 0) is 45.4 Å². The molecule has 0 saturated carbocycles. The van der Waals surface area contributed by atoms with Gasteiger partial charge in [-0.25, -0.2) is 11.1 Å². The maximum absolute atomic E-state index is 13.8. The maximum atomic E-state index is 13.8. The van der Waals surface area contributed by atoms with Crippen LogP contribution in [0.15, 0.2) is 60.7 Å². The van der Waals surface area contributed by atoms with Crippen molar-refractivity contribution in [2.24, 2.45) is 23.7 Å². The molecule has 0 heterocycles. The van der Waals surface area contributed by atoms with Gasteiger partial charge in [-0.05, 0) is 47.6 Å². The molecule has 0 saturated heterocycles. The minimum atomic E-state index is -4.00. The largest absolute Gasteiger partial charge is 0.475 e. The SMILES string of the molecule is [C-]#[N+]CCOP(=O)(OC[C@@H](C)[C@@H](C)[C@H](CC)OCc1ccccc1)OC[C@H](OCc1ccccc1)[C@H](C)[C@H](C)CCP=O. The van der Waals surface area contributed by atoms with Crippen LogP contribution >= 0.6 is 16.3 Å². The second-order valence-corrected chi connectivity index (χ2v) is 13.5. The Balaban J connectivity index is 2.07. The first-order valence-electron chi connectivity index (χ1n) is 15.2. The molecule has 0 fully saturated rings. The Labute approximate surface area is 260 Å². The Morgan fingerprint density at radius 2 is 1.33 bits per heavy atom. The van der Waals surface area contributed by atoms with Crippen LogP contribution in [-0.4, -0.2) is 44.7 Å². The second kappa shape index (κ2) is 20.9.